The van der Waals surface area contributed by atoms with Crippen molar-refractivity contribution in [2.45, 2.75) is 6.92 Å². The summed E-state index contributed by atoms with van der Waals surface area (Å²) in [5.41, 5.74) is 0.852. The van der Waals surface area contributed by atoms with Crippen LogP contribution in [-0.4, -0.2) is 40.5 Å². The summed E-state index contributed by atoms with van der Waals surface area (Å²) >= 11 is 0.769. The zero-order valence-electron chi connectivity index (χ0n) is 14.6. The zero-order chi connectivity index (χ0) is 19.9. The summed E-state index contributed by atoms with van der Waals surface area (Å²) in [5, 5.41) is 13.3. The number of amides is 1. The molecule has 1 N–H and O–H groups in total. The Kier molecular flexibility index (Phi) is 4.52. The zero-order valence-corrected chi connectivity index (χ0v) is 16.3. The number of nitrogens with one attached hydrogen (secondary N) is 1. The summed E-state index contributed by atoms with van der Waals surface area (Å²) in [6.45, 7) is 1.50. The third kappa shape index (κ3) is 3.20. The quantitative estimate of drug-likeness (QED) is 0.772. The molecule has 0 bridgehead atoms. The predicted octanol–water partition coefficient (Wildman–Crippen LogP) is 2.96. The molecule has 2 aliphatic heterocycles. The molecule has 28 heavy (non-hydrogen) atoms. The standard InChI is InChI=1S/C18H14N4O4S2/c1-2-28(24,25)18-21-22-15(19)13(16(23)20-17(22)27-18)10-12-8-9-14(26-12)11-6-4-3-5-7-11/h3-10,19H,2H2,1H3/b13-10-,19-15?. The molecule has 142 valence electrons. The van der Waals surface area contributed by atoms with E-state index in [9.17, 15) is 13.2 Å². The van der Waals surface area contributed by atoms with Crippen LogP contribution in [0.1, 0.15) is 12.7 Å². The van der Waals surface area contributed by atoms with Crippen molar-refractivity contribution in [1.29, 1.82) is 5.41 Å². The van der Waals surface area contributed by atoms with Crippen molar-refractivity contribution in [3.8, 4) is 11.3 Å². The van der Waals surface area contributed by atoms with Crippen molar-refractivity contribution < 1.29 is 17.6 Å². The molecule has 2 aliphatic rings. The summed E-state index contributed by atoms with van der Waals surface area (Å²) in [6, 6.07) is 12.9. The Labute approximate surface area is 165 Å². The third-order valence-corrected chi connectivity index (χ3v) is 7.14. The van der Waals surface area contributed by atoms with E-state index in [1.54, 1.807) is 12.1 Å². The van der Waals surface area contributed by atoms with Crippen LogP contribution in [-0.2, 0) is 14.6 Å². The van der Waals surface area contributed by atoms with Crippen LogP contribution >= 0.6 is 11.8 Å². The maximum Gasteiger partial charge on any atom is 0.283 e. The van der Waals surface area contributed by atoms with Crippen molar-refractivity contribution in [1.82, 2.24) is 5.01 Å². The number of thioether (sulfide) groups is 1. The summed E-state index contributed by atoms with van der Waals surface area (Å²) < 4.78 is 29.6. The van der Waals surface area contributed by atoms with Gasteiger partial charge in [0.1, 0.15) is 11.5 Å². The molecule has 0 aliphatic carbocycles. The predicted molar refractivity (Wildman–Crippen MR) is 109 cm³/mol. The van der Waals surface area contributed by atoms with Gasteiger partial charge in [0.15, 0.2) is 5.84 Å². The van der Waals surface area contributed by atoms with E-state index in [0.717, 1.165) is 22.3 Å². The Bertz CT molecular complexity index is 1180. The first-order chi connectivity index (χ1) is 13.4. The number of carbonyl (C=O) groups excluding carboxylic acids is 1. The van der Waals surface area contributed by atoms with Crippen LogP contribution < -0.4 is 0 Å². The summed E-state index contributed by atoms with van der Waals surface area (Å²) in [7, 11) is -3.56. The number of furan rings is 1. The molecule has 4 rings (SSSR count). The molecule has 1 aromatic carbocycles. The highest BCUT2D eigenvalue weighted by molar-refractivity contribution is 8.42. The van der Waals surface area contributed by atoms with Gasteiger partial charge in [0.05, 0.1) is 11.3 Å². The SMILES string of the molecule is CCS(=O)(=O)C1=NN2C(=N)/C(=C/c3ccc(-c4ccccc4)o3)C(=O)N=C2S1. The summed E-state index contributed by atoms with van der Waals surface area (Å²) in [5.74, 6) is -0.0213. The van der Waals surface area contributed by atoms with Gasteiger partial charge >= 0.3 is 0 Å². The molecule has 0 unspecified atom stereocenters. The first-order valence-electron chi connectivity index (χ1n) is 8.27. The molecule has 10 heteroatoms. The monoisotopic (exact) mass is 414 g/mol. The largest absolute Gasteiger partial charge is 0.457 e. The molecule has 2 aromatic rings. The summed E-state index contributed by atoms with van der Waals surface area (Å²) in [4.78, 5) is 16.2. The molecular weight excluding hydrogens is 400 g/mol. The summed E-state index contributed by atoms with van der Waals surface area (Å²) in [6.07, 6.45) is 1.41. The van der Waals surface area contributed by atoms with Crippen molar-refractivity contribution in [3.63, 3.8) is 0 Å². The van der Waals surface area contributed by atoms with Gasteiger partial charge < -0.3 is 4.42 Å². The Morgan fingerprint density at radius 1 is 1.21 bits per heavy atom. The number of rotatable bonds is 3. The second-order valence-corrected chi connectivity index (χ2v) is 9.27. The minimum Gasteiger partial charge on any atom is -0.457 e. The minimum absolute atomic E-state index is 0.0304. The molecule has 0 fully saturated rings. The number of nitrogens with zero attached hydrogens (tertiary/aromatic N) is 3. The van der Waals surface area contributed by atoms with Crippen molar-refractivity contribution in [2.24, 2.45) is 10.1 Å². The lowest BCUT2D eigenvalue weighted by Gasteiger charge is -2.19. The van der Waals surface area contributed by atoms with Gasteiger partial charge in [-0.1, -0.05) is 37.3 Å². The van der Waals surface area contributed by atoms with Crippen molar-refractivity contribution in [2.75, 3.05) is 5.75 Å². The minimum atomic E-state index is -3.56. The van der Waals surface area contributed by atoms with Gasteiger partial charge in [-0.25, -0.2) is 8.42 Å². The van der Waals surface area contributed by atoms with Crippen molar-refractivity contribution >= 4 is 49.0 Å². The van der Waals surface area contributed by atoms with Crippen LogP contribution in [0.3, 0.4) is 0 Å². The Hall–Kier alpha value is -2.98. The van der Waals surface area contributed by atoms with Gasteiger partial charge in [0.2, 0.25) is 19.4 Å². The molecule has 0 saturated heterocycles. The van der Waals surface area contributed by atoms with Crippen LogP contribution in [0.4, 0.5) is 0 Å². The van der Waals surface area contributed by atoms with Gasteiger partial charge in [-0.3, -0.25) is 10.2 Å². The number of fused-ring (bicyclic) bond motifs is 1. The fraction of sp³-hybridized carbons (Fsp3) is 0.111. The second kappa shape index (κ2) is 6.88. The van der Waals surface area contributed by atoms with E-state index >= 15 is 0 Å². The lowest BCUT2D eigenvalue weighted by Crippen LogP contribution is -2.35. The molecule has 0 atom stereocenters. The molecular formula is C18H14N4O4S2. The number of amidine groups is 2. The van der Waals surface area contributed by atoms with Gasteiger partial charge in [-0.05, 0) is 30.0 Å². The third-order valence-electron chi connectivity index (χ3n) is 4.05. The van der Waals surface area contributed by atoms with E-state index in [0.29, 0.717) is 11.5 Å². The maximum atomic E-state index is 12.4. The molecule has 0 radical (unpaired) electrons. The number of hydrogen-bond donors (Lipinski definition) is 1. The van der Waals surface area contributed by atoms with Crippen LogP contribution in [0.5, 0.6) is 0 Å². The fourth-order valence-electron chi connectivity index (χ4n) is 2.55. The lowest BCUT2D eigenvalue weighted by atomic mass is 10.1. The molecule has 0 spiro atoms. The Morgan fingerprint density at radius 3 is 2.68 bits per heavy atom. The van der Waals surface area contributed by atoms with Gasteiger partial charge in [0, 0.05) is 5.56 Å². The van der Waals surface area contributed by atoms with Gasteiger partial charge in [0.25, 0.3) is 5.91 Å². The van der Waals surface area contributed by atoms with E-state index in [4.69, 9.17) is 9.83 Å². The highest BCUT2D eigenvalue weighted by Crippen LogP contribution is 2.31. The fourth-order valence-corrected chi connectivity index (χ4v) is 4.72. The number of hydrazone groups is 1. The number of sulfone groups is 1. The smallest absolute Gasteiger partial charge is 0.283 e. The molecule has 8 nitrogen and oxygen atoms in total. The number of hydrogen-bond acceptors (Lipinski definition) is 7. The average molecular weight is 414 g/mol. The van der Waals surface area contributed by atoms with E-state index in [-0.39, 0.29) is 26.7 Å². The number of carbonyl (C=O) groups is 1. The number of benzene rings is 1. The highest BCUT2D eigenvalue weighted by atomic mass is 32.3. The topological polar surface area (TPSA) is 116 Å². The van der Waals surface area contributed by atoms with E-state index < -0.39 is 15.7 Å². The van der Waals surface area contributed by atoms with E-state index in [1.165, 1.54) is 13.0 Å². The van der Waals surface area contributed by atoms with Crippen molar-refractivity contribution in [3.05, 3.63) is 53.8 Å². The lowest BCUT2D eigenvalue weighted by molar-refractivity contribution is -0.114. The normalized spacial score (nSPS) is 18.3. The molecule has 3 heterocycles. The second-order valence-electron chi connectivity index (χ2n) is 5.86. The van der Waals surface area contributed by atoms with Crippen LogP contribution in [0, 0.1) is 5.41 Å². The Balaban J connectivity index is 1.66. The maximum absolute atomic E-state index is 12.4. The highest BCUT2D eigenvalue weighted by Gasteiger charge is 2.39. The first-order valence-corrected chi connectivity index (χ1v) is 10.7. The average Bonchev–Trinajstić information content (AvgIpc) is 3.33. The van der Waals surface area contributed by atoms with E-state index in [1.807, 2.05) is 30.3 Å². The van der Waals surface area contributed by atoms with Crippen LogP contribution in [0.2, 0.25) is 0 Å². The van der Waals surface area contributed by atoms with Gasteiger partial charge in [-0.2, -0.15) is 10.0 Å². The molecule has 1 amide bonds. The molecule has 0 saturated carbocycles. The van der Waals surface area contributed by atoms with Crippen LogP contribution in [0.25, 0.3) is 17.4 Å². The van der Waals surface area contributed by atoms with E-state index in [2.05, 4.69) is 10.1 Å². The Morgan fingerprint density at radius 2 is 1.96 bits per heavy atom. The first kappa shape index (κ1) is 18.4. The number of aliphatic imine (C=N–C) groups is 1. The van der Waals surface area contributed by atoms with Gasteiger partial charge in [-0.15, -0.1) is 5.10 Å². The molecule has 1 aromatic heterocycles. The van der Waals surface area contributed by atoms with Crippen LogP contribution in [0.15, 0.2) is 62.5 Å².